The number of esters is 1. The molecule has 0 saturated heterocycles. The first-order chi connectivity index (χ1) is 15.9. The molecule has 1 N–H and O–H groups in total. The third-order valence-corrected chi connectivity index (χ3v) is 6.81. The Morgan fingerprint density at radius 2 is 1.82 bits per heavy atom. The summed E-state index contributed by atoms with van der Waals surface area (Å²) in [5.41, 5.74) is 2.24. The van der Waals surface area contributed by atoms with Gasteiger partial charge in [-0.05, 0) is 95.1 Å². The smallest absolute Gasteiger partial charge is 0.407 e. The molecule has 0 heterocycles. The van der Waals surface area contributed by atoms with Crippen LogP contribution in [0.4, 0.5) is 9.18 Å². The van der Waals surface area contributed by atoms with Crippen molar-refractivity contribution in [2.75, 3.05) is 6.61 Å². The number of hydrogen-bond donors (Lipinski definition) is 1. The first-order valence-corrected chi connectivity index (χ1v) is 12.2. The Morgan fingerprint density at radius 3 is 2.38 bits per heavy atom. The van der Waals surface area contributed by atoms with Crippen molar-refractivity contribution >= 4 is 17.6 Å². The van der Waals surface area contributed by atoms with Gasteiger partial charge in [0.1, 0.15) is 11.3 Å². The number of hydrogen-bond acceptors (Lipinski definition) is 4. The van der Waals surface area contributed by atoms with Crippen LogP contribution in [0, 0.1) is 18.8 Å². The van der Waals surface area contributed by atoms with Crippen LogP contribution in [0.3, 0.4) is 0 Å². The number of nitrogens with one attached hydrogen (secondary N) is 1. The summed E-state index contributed by atoms with van der Waals surface area (Å²) in [6.45, 7) is 13.1. The zero-order valence-corrected chi connectivity index (χ0v) is 21.5. The molecule has 0 bridgehead atoms. The maximum absolute atomic E-state index is 17.1. The van der Waals surface area contributed by atoms with E-state index < -0.39 is 35.3 Å². The molecule has 2 aliphatic rings. The van der Waals surface area contributed by atoms with Gasteiger partial charge in [0.2, 0.25) is 0 Å². The summed E-state index contributed by atoms with van der Waals surface area (Å²) in [5, 5.41) is 2.82. The molecule has 1 aromatic carbocycles. The lowest BCUT2D eigenvalue weighted by Crippen LogP contribution is -2.53. The Bertz CT molecular complexity index is 1000. The van der Waals surface area contributed by atoms with Crippen molar-refractivity contribution in [3.05, 3.63) is 52.6 Å². The second-order valence-electron chi connectivity index (χ2n) is 10.5. The predicted molar refractivity (Wildman–Crippen MR) is 132 cm³/mol. The summed E-state index contributed by atoms with van der Waals surface area (Å²) in [5.74, 6) is -1.36. The Labute approximate surface area is 202 Å². The quantitative estimate of drug-likeness (QED) is 0.473. The highest BCUT2D eigenvalue weighted by atomic mass is 19.1. The van der Waals surface area contributed by atoms with E-state index in [0.29, 0.717) is 5.57 Å². The van der Waals surface area contributed by atoms with Crippen LogP contribution in [0.15, 0.2) is 41.5 Å². The van der Waals surface area contributed by atoms with E-state index in [9.17, 15) is 9.59 Å². The summed E-state index contributed by atoms with van der Waals surface area (Å²) >= 11 is 0. The molecule has 186 valence electrons. The van der Waals surface area contributed by atoms with Gasteiger partial charge in [-0.2, -0.15) is 0 Å². The summed E-state index contributed by atoms with van der Waals surface area (Å²) in [7, 11) is 0. The highest BCUT2D eigenvalue weighted by molar-refractivity contribution is 5.83. The molecule has 1 amide bonds. The number of alkyl carbamates (subject to hydrolysis) is 1. The third-order valence-electron chi connectivity index (χ3n) is 6.81. The van der Waals surface area contributed by atoms with E-state index >= 15 is 4.39 Å². The number of aryl methyl sites for hydroxylation is 1. The van der Waals surface area contributed by atoms with Gasteiger partial charge in [0.15, 0.2) is 0 Å². The molecule has 2 aliphatic carbocycles. The minimum Gasteiger partial charge on any atom is -0.466 e. The van der Waals surface area contributed by atoms with Gasteiger partial charge in [0, 0.05) is 5.92 Å². The molecular formula is C28H38FNO4. The number of alkyl halides is 1. The molecule has 3 atom stereocenters. The summed E-state index contributed by atoms with van der Waals surface area (Å²) in [4.78, 5) is 25.3. The molecule has 1 saturated carbocycles. The lowest BCUT2D eigenvalue weighted by Gasteiger charge is -2.43. The van der Waals surface area contributed by atoms with Crippen LogP contribution < -0.4 is 5.32 Å². The fourth-order valence-corrected chi connectivity index (χ4v) is 4.95. The van der Waals surface area contributed by atoms with Crippen LogP contribution in [0.1, 0.15) is 71.9 Å². The van der Waals surface area contributed by atoms with Crippen molar-refractivity contribution in [2.24, 2.45) is 11.8 Å². The van der Waals surface area contributed by atoms with Crippen LogP contribution in [0.5, 0.6) is 0 Å². The zero-order chi connectivity index (χ0) is 25.3. The van der Waals surface area contributed by atoms with Crippen molar-refractivity contribution in [3.8, 4) is 0 Å². The van der Waals surface area contributed by atoms with E-state index in [1.807, 2.05) is 51.1 Å². The molecule has 3 rings (SSSR count). The Hall–Kier alpha value is -2.63. The van der Waals surface area contributed by atoms with Crippen LogP contribution in [0.2, 0.25) is 0 Å². The highest BCUT2D eigenvalue weighted by Gasteiger charge is 2.56. The maximum atomic E-state index is 17.1. The SMILES string of the molecule is CCOC(=O)CC(NC(=O)OC(C)(C)C)C1C=C(c2ccccc2C)C(C)=C(C)C1(F)C1CC1. The van der Waals surface area contributed by atoms with Crippen LogP contribution in [-0.2, 0) is 14.3 Å². The monoisotopic (exact) mass is 471 g/mol. The average molecular weight is 472 g/mol. The first-order valence-electron chi connectivity index (χ1n) is 12.2. The van der Waals surface area contributed by atoms with Crippen LogP contribution >= 0.6 is 0 Å². The van der Waals surface area contributed by atoms with Crippen molar-refractivity contribution in [3.63, 3.8) is 0 Å². The normalized spacial score (nSPS) is 23.8. The van der Waals surface area contributed by atoms with Gasteiger partial charge in [-0.3, -0.25) is 4.79 Å². The molecule has 0 aromatic heterocycles. The number of allylic oxidation sites excluding steroid dienone is 3. The Morgan fingerprint density at radius 1 is 1.18 bits per heavy atom. The molecule has 1 fully saturated rings. The number of benzene rings is 1. The van der Waals surface area contributed by atoms with E-state index in [1.54, 1.807) is 27.7 Å². The van der Waals surface area contributed by atoms with Gasteiger partial charge >= 0.3 is 12.1 Å². The van der Waals surface area contributed by atoms with Gasteiger partial charge in [0.25, 0.3) is 0 Å². The molecule has 34 heavy (non-hydrogen) atoms. The molecule has 0 aliphatic heterocycles. The first kappa shape index (κ1) is 26.0. The third kappa shape index (κ3) is 5.53. The number of rotatable bonds is 7. The zero-order valence-electron chi connectivity index (χ0n) is 21.5. The minimum atomic E-state index is -1.66. The van der Waals surface area contributed by atoms with Gasteiger partial charge in [-0.1, -0.05) is 30.3 Å². The highest BCUT2D eigenvalue weighted by Crippen LogP contribution is 2.56. The van der Waals surface area contributed by atoms with Gasteiger partial charge in [-0.25, -0.2) is 9.18 Å². The Kier molecular flexibility index (Phi) is 7.59. The second-order valence-corrected chi connectivity index (χ2v) is 10.5. The summed E-state index contributed by atoms with van der Waals surface area (Å²) in [6, 6.07) is 7.18. The summed E-state index contributed by atoms with van der Waals surface area (Å²) < 4.78 is 27.7. The maximum Gasteiger partial charge on any atom is 0.407 e. The number of halogens is 1. The Balaban J connectivity index is 2.09. The second kappa shape index (κ2) is 9.93. The number of carbonyl (C=O) groups excluding carboxylic acids is 2. The lowest BCUT2D eigenvalue weighted by molar-refractivity contribution is -0.144. The average Bonchev–Trinajstić information content (AvgIpc) is 3.57. The van der Waals surface area contributed by atoms with Gasteiger partial charge < -0.3 is 14.8 Å². The summed E-state index contributed by atoms with van der Waals surface area (Å²) in [6.07, 6.45) is 2.67. The lowest BCUT2D eigenvalue weighted by atomic mass is 9.67. The number of carbonyl (C=O) groups is 2. The van der Waals surface area contributed by atoms with Crippen LogP contribution in [0.25, 0.3) is 5.57 Å². The van der Waals surface area contributed by atoms with Crippen molar-refractivity contribution in [1.82, 2.24) is 5.32 Å². The van der Waals surface area contributed by atoms with Gasteiger partial charge in [-0.15, -0.1) is 0 Å². The van der Waals surface area contributed by atoms with E-state index in [-0.39, 0.29) is 18.9 Å². The molecule has 0 radical (unpaired) electrons. The van der Waals surface area contributed by atoms with Gasteiger partial charge in [0.05, 0.1) is 19.1 Å². The molecule has 6 heteroatoms. The molecule has 5 nitrogen and oxygen atoms in total. The standard InChI is InChI=1S/C28H38FNO4/c1-8-33-25(31)16-24(30-26(32)34-27(5,6)7)23-15-22(21-12-10-9-11-17(21)2)18(3)19(4)28(23,29)20-13-14-20/h9-12,15,20,23-24H,8,13-14,16H2,1-7H3,(H,30,32). The van der Waals surface area contributed by atoms with E-state index in [1.165, 1.54) is 0 Å². The van der Waals surface area contributed by atoms with E-state index in [0.717, 1.165) is 35.1 Å². The fraction of sp³-hybridized carbons (Fsp3) is 0.571. The topological polar surface area (TPSA) is 64.6 Å². The van der Waals surface area contributed by atoms with E-state index in [4.69, 9.17) is 9.47 Å². The number of amides is 1. The predicted octanol–water partition coefficient (Wildman–Crippen LogP) is 6.31. The van der Waals surface area contributed by atoms with Crippen molar-refractivity contribution in [2.45, 2.75) is 85.0 Å². The molecule has 0 spiro atoms. The largest absolute Gasteiger partial charge is 0.466 e. The fourth-order valence-electron chi connectivity index (χ4n) is 4.95. The molecule has 1 aromatic rings. The molecule has 3 unspecified atom stereocenters. The van der Waals surface area contributed by atoms with E-state index in [2.05, 4.69) is 5.32 Å². The van der Waals surface area contributed by atoms with Crippen LogP contribution in [-0.4, -0.2) is 36.0 Å². The number of ether oxygens (including phenoxy) is 2. The molecular weight excluding hydrogens is 433 g/mol. The minimum absolute atomic E-state index is 0.139. The van der Waals surface area contributed by atoms with Crippen molar-refractivity contribution < 1.29 is 23.5 Å². The van der Waals surface area contributed by atoms with Crippen molar-refractivity contribution in [1.29, 1.82) is 0 Å².